The van der Waals surface area contributed by atoms with Crippen LogP contribution in [0.2, 0.25) is 0 Å². The van der Waals surface area contributed by atoms with E-state index < -0.39 is 12.0 Å². The molecule has 0 saturated heterocycles. The number of hydrogen-bond acceptors (Lipinski definition) is 4. The average Bonchev–Trinajstić information content (AvgIpc) is 2.79. The molecule has 19 heavy (non-hydrogen) atoms. The molecule has 1 amide bonds. The van der Waals surface area contributed by atoms with E-state index in [9.17, 15) is 9.59 Å². The number of amides is 1. The van der Waals surface area contributed by atoms with Gasteiger partial charge in [-0.3, -0.25) is 14.3 Å². The molecule has 0 bridgehead atoms. The molecule has 0 aliphatic carbocycles. The first-order chi connectivity index (χ1) is 8.90. The van der Waals surface area contributed by atoms with E-state index >= 15 is 0 Å². The number of carboxylic acids is 1. The van der Waals surface area contributed by atoms with Crippen molar-refractivity contribution in [1.29, 1.82) is 0 Å². The number of carbonyl (C=O) groups excluding carboxylic acids is 1. The summed E-state index contributed by atoms with van der Waals surface area (Å²) >= 11 is 0. The van der Waals surface area contributed by atoms with Crippen molar-refractivity contribution in [3.8, 4) is 0 Å². The fraction of sp³-hybridized carbons (Fsp3) is 0.583. The summed E-state index contributed by atoms with van der Waals surface area (Å²) in [5.41, 5.74) is 6.45. The molecule has 0 fully saturated rings. The van der Waals surface area contributed by atoms with Crippen molar-refractivity contribution in [2.75, 3.05) is 6.54 Å². The molecule has 7 heteroatoms. The van der Waals surface area contributed by atoms with Gasteiger partial charge in [0.15, 0.2) is 0 Å². The van der Waals surface area contributed by atoms with Gasteiger partial charge >= 0.3 is 5.97 Å². The molecular formula is C12H20N4O3. The van der Waals surface area contributed by atoms with E-state index in [2.05, 4.69) is 10.4 Å². The molecule has 1 aromatic heterocycles. The zero-order valence-electron chi connectivity index (χ0n) is 11.2. The van der Waals surface area contributed by atoms with E-state index in [-0.39, 0.29) is 18.2 Å². The van der Waals surface area contributed by atoms with Crippen molar-refractivity contribution < 1.29 is 14.7 Å². The summed E-state index contributed by atoms with van der Waals surface area (Å²) in [7, 11) is 1.75. The number of rotatable bonds is 7. The maximum Gasteiger partial charge on any atom is 0.303 e. The lowest BCUT2D eigenvalue weighted by Gasteiger charge is -2.14. The van der Waals surface area contributed by atoms with Crippen LogP contribution in [0.1, 0.15) is 31.4 Å². The minimum absolute atomic E-state index is 0.0983. The Morgan fingerprint density at radius 2 is 2.26 bits per heavy atom. The lowest BCUT2D eigenvalue weighted by atomic mass is 10.1. The predicted octanol–water partition coefficient (Wildman–Crippen LogP) is 0.0370. The van der Waals surface area contributed by atoms with Gasteiger partial charge in [0.25, 0.3) is 0 Å². The number of carboxylic acid groups (broad SMARTS) is 1. The summed E-state index contributed by atoms with van der Waals surface area (Å²) in [5.74, 6) is -1.01. The van der Waals surface area contributed by atoms with E-state index in [0.29, 0.717) is 18.5 Å². The number of nitrogens with two attached hydrogens (primary N) is 1. The van der Waals surface area contributed by atoms with Crippen LogP contribution in [0.4, 0.5) is 0 Å². The molecule has 1 aromatic rings. The third-order valence-electron chi connectivity index (χ3n) is 2.84. The summed E-state index contributed by atoms with van der Waals surface area (Å²) in [5, 5.41) is 15.2. The van der Waals surface area contributed by atoms with Crippen molar-refractivity contribution in [1.82, 2.24) is 15.1 Å². The second-order valence-electron chi connectivity index (χ2n) is 4.71. The maximum atomic E-state index is 11.8. The van der Waals surface area contributed by atoms with Gasteiger partial charge in [0, 0.05) is 31.8 Å². The molecule has 0 saturated carbocycles. The molecule has 2 atom stereocenters. The second kappa shape index (κ2) is 6.89. The quantitative estimate of drug-likeness (QED) is 0.646. The molecule has 4 N–H and O–H groups in total. The van der Waals surface area contributed by atoms with Gasteiger partial charge in [-0.2, -0.15) is 5.10 Å². The number of hydrogen-bond donors (Lipinski definition) is 3. The molecule has 1 rings (SSSR count). The van der Waals surface area contributed by atoms with Crippen LogP contribution in [0.15, 0.2) is 12.4 Å². The Morgan fingerprint density at radius 3 is 2.79 bits per heavy atom. The van der Waals surface area contributed by atoms with Crippen molar-refractivity contribution >= 4 is 11.9 Å². The van der Waals surface area contributed by atoms with Crippen molar-refractivity contribution in [3.63, 3.8) is 0 Å². The van der Waals surface area contributed by atoms with E-state index in [1.54, 1.807) is 24.1 Å². The van der Waals surface area contributed by atoms with Crippen LogP contribution in [-0.2, 0) is 16.6 Å². The normalized spacial score (nSPS) is 13.8. The van der Waals surface area contributed by atoms with Crippen LogP contribution in [0, 0.1) is 5.92 Å². The fourth-order valence-corrected chi connectivity index (χ4v) is 1.61. The first-order valence-electron chi connectivity index (χ1n) is 6.13. The Kier molecular flexibility index (Phi) is 5.50. The van der Waals surface area contributed by atoms with Crippen LogP contribution in [0.25, 0.3) is 0 Å². The van der Waals surface area contributed by atoms with Crippen LogP contribution in [0.3, 0.4) is 0 Å². The molecule has 0 spiro atoms. The Labute approximate surface area is 111 Å². The van der Waals surface area contributed by atoms with Crippen LogP contribution < -0.4 is 11.1 Å². The fourth-order valence-electron chi connectivity index (χ4n) is 1.61. The smallest absolute Gasteiger partial charge is 0.303 e. The predicted molar refractivity (Wildman–Crippen MR) is 69.2 cm³/mol. The van der Waals surface area contributed by atoms with Crippen molar-refractivity contribution in [2.45, 2.75) is 25.8 Å². The largest absolute Gasteiger partial charge is 0.481 e. The minimum atomic E-state index is -0.828. The monoisotopic (exact) mass is 268 g/mol. The van der Waals surface area contributed by atoms with E-state index in [1.807, 2.05) is 6.92 Å². The standard InChI is InChI=1S/C12H20N4O3/c1-8(3-4-10(17)18)5-14-12(19)11(13)9-6-15-16(2)7-9/h6-8,11H,3-5,13H2,1-2H3,(H,14,19)(H,17,18). The Bertz CT molecular complexity index is 444. The molecular weight excluding hydrogens is 248 g/mol. The first kappa shape index (κ1) is 15.2. The van der Waals surface area contributed by atoms with Gasteiger partial charge in [0.2, 0.25) is 5.91 Å². The zero-order chi connectivity index (χ0) is 14.4. The first-order valence-corrected chi connectivity index (χ1v) is 6.13. The minimum Gasteiger partial charge on any atom is -0.481 e. The summed E-state index contributed by atoms with van der Waals surface area (Å²) in [4.78, 5) is 22.2. The lowest BCUT2D eigenvalue weighted by Crippen LogP contribution is -2.36. The number of nitrogens with one attached hydrogen (secondary N) is 1. The van der Waals surface area contributed by atoms with Gasteiger partial charge in [-0.05, 0) is 12.3 Å². The number of carbonyl (C=O) groups is 2. The molecule has 1 heterocycles. The summed E-state index contributed by atoms with van der Waals surface area (Å²) in [6.45, 7) is 2.30. The van der Waals surface area contributed by atoms with Crippen molar-refractivity contribution in [3.05, 3.63) is 18.0 Å². The van der Waals surface area contributed by atoms with Gasteiger partial charge in [0.1, 0.15) is 6.04 Å². The van der Waals surface area contributed by atoms with E-state index in [0.717, 1.165) is 0 Å². The summed E-state index contributed by atoms with van der Waals surface area (Å²) in [6.07, 6.45) is 3.87. The van der Waals surface area contributed by atoms with Gasteiger partial charge in [-0.1, -0.05) is 6.92 Å². The molecule has 106 valence electrons. The number of aliphatic carboxylic acids is 1. The van der Waals surface area contributed by atoms with Gasteiger partial charge in [-0.15, -0.1) is 0 Å². The number of nitrogens with zero attached hydrogens (tertiary/aromatic N) is 2. The van der Waals surface area contributed by atoms with Gasteiger partial charge < -0.3 is 16.2 Å². The molecule has 0 aromatic carbocycles. The Hall–Kier alpha value is -1.89. The molecule has 0 aliphatic heterocycles. The molecule has 0 aliphatic rings. The van der Waals surface area contributed by atoms with Crippen molar-refractivity contribution in [2.24, 2.45) is 18.7 Å². The highest BCUT2D eigenvalue weighted by Gasteiger charge is 2.17. The number of aromatic nitrogens is 2. The average molecular weight is 268 g/mol. The lowest BCUT2D eigenvalue weighted by molar-refractivity contribution is -0.137. The van der Waals surface area contributed by atoms with Crippen LogP contribution >= 0.6 is 0 Å². The zero-order valence-corrected chi connectivity index (χ0v) is 11.2. The molecule has 7 nitrogen and oxygen atoms in total. The van der Waals surface area contributed by atoms with E-state index in [1.165, 1.54) is 0 Å². The highest BCUT2D eigenvalue weighted by atomic mass is 16.4. The summed E-state index contributed by atoms with van der Waals surface area (Å²) < 4.78 is 1.58. The second-order valence-corrected chi connectivity index (χ2v) is 4.71. The third kappa shape index (κ3) is 5.09. The maximum absolute atomic E-state index is 11.8. The molecule has 0 radical (unpaired) electrons. The number of aryl methyl sites for hydroxylation is 1. The highest BCUT2D eigenvalue weighted by molar-refractivity contribution is 5.82. The molecule has 2 unspecified atom stereocenters. The summed E-state index contributed by atoms with van der Waals surface area (Å²) in [6, 6.07) is -0.750. The SMILES string of the molecule is CC(CCC(=O)O)CNC(=O)C(N)c1cnn(C)c1. The highest BCUT2D eigenvalue weighted by Crippen LogP contribution is 2.09. The Morgan fingerprint density at radius 1 is 1.58 bits per heavy atom. The Balaban J connectivity index is 2.36. The van der Waals surface area contributed by atoms with Crippen LogP contribution in [-0.4, -0.2) is 33.3 Å². The van der Waals surface area contributed by atoms with E-state index in [4.69, 9.17) is 10.8 Å². The van der Waals surface area contributed by atoms with Gasteiger partial charge in [-0.25, -0.2) is 0 Å². The topological polar surface area (TPSA) is 110 Å². The van der Waals surface area contributed by atoms with Gasteiger partial charge in [0.05, 0.1) is 6.20 Å². The van der Waals surface area contributed by atoms with Crippen LogP contribution in [0.5, 0.6) is 0 Å². The third-order valence-corrected chi connectivity index (χ3v) is 2.84.